The minimum atomic E-state index is -1.04. The third kappa shape index (κ3) is 3.14. The molecule has 0 N–H and O–H groups in total. The number of ether oxygens (including phenoxy) is 2. The van der Waals surface area contributed by atoms with E-state index in [1.807, 2.05) is 17.0 Å². The first-order valence-corrected chi connectivity index (χ1v) is 7.98. The van der Waals surface area contributed by atoms with Gasteiger partial charge in [0.25, 0.3) is 0 Å². The van der Waals surface area contributed by atoms with Crippen LogP contribution in [0.1, 0.15) is 44.2 Å². The monoisotopic (exact) mass is 318 g/mol. The van der Waals surface area contributed by atoms with Crippen molar-refractivity contribution in [2.45, 2.75) is 50.5 Å². The average Bonchev–Trinajstić information content (AvgIpc) is 2.93. The summed E-state index contributed by atoms with van der Waals surface area (Å²) >= 11 is 0. The van der Waals surface area contributed by atoms with Crippen molar-refractivity contribution in [3.05, 3.63) is 24.0 Å². The summed E-state index contributed by atoms with van der Waals surface area (Å²) in [5.74, 6) is 0.695. The topological polar surface area (TPSA) is 68.7 Å². The number of hydrogen-bond acceptors (Lipinski definition) is 6. The van der Waals surface area contributed by atoms with Gasteiger partial charge in [0.05, 0.1) is 18.4 Å². The molecule has 23 heavy (non-hydrogen) atoms. The molecular weight excluding hydrogens is 296 g/mol. The zero-order valence-corrected chi connectivity index (χ0v) is 13.5. The SMILES string of the molecule is COC1CN(c2ccc(C3CCC(=O)CC3)nc2)C(C)(C=O)O1. The average molecular weight is 318 g/mol. The second kappa shape index (κ2) is 6.37. The fourth-order valence-electron chi connectivity index (χ4n) is 3.31. The number of pyridine rings is 1. The molecule has 6 nitrogen and oxygen atoms in total. The van der Waals surface area contributed by atoms with Crippen LogP contribution < -0.4 is 4.90 Å². The predicted molar refractivity (Wildman–Crippen MR) is 84.2 cm³/mol. The summed E-state index contributed by atoms with van der Waals surface area (Å²) in [4.78, 5) is 29.2. The van der Waals surface area contributed by atoms with Crippen LogP contribution in [0.15, 0.2) is 18.3 Å². The van der Waals surface area contributed by atoms with E-state index in [0.29, 0.717) is 31.1 Å². The summed E-state index contributed by atoms with van der Waals surface area (Å²) in [6, 6.07) is 3.95. The number of carbonyl (C=O) groups excluding carboxylic acids is 2. The number of carbonyl (C=O) groups is 2. The van der Waals surface area contributed by atoms with Crippen LogP contribution in [-0.4, -0.2) is 42.7 Å². The van der Waals surface area contributed by atoms with Crippen molar-refractivity contribution < 1.29 is 19.1 Å². The Kier molecular flexibility index (Phi) is 4.46. The zero-order valence-electron chi connectivity index (χ0n) is 13.5. The highest BCUT2D eigenvalue weighted by Crippen LogP contribution is 2.34. The summed E-state index contributed by atoms with van der Waals surface area (Å²) in [5.41, 5.74) is 0.800. The molecule has 2 aliphatic rings. The van der Waals surface area contributed by atoms with E-state index in [0.717, 1.165) is 30.5 Å². The summed E-state index contributed by atoms with van der Waals surface area (Å²) in [5, 5.41) is 0. The van der Waals surface area contributed by atoms with Gasteiger partial charge >= 0.3 is 0 Å². The van der Waals surface area contributed by atoms with E-state index in [4.69, 9.17) is 9.47 Å². The Labute approximate surface area is 135 Å². The van der Waals surface area contributed by atoms with E-state index >= 15 is 0 Å². The summed E-state index contributed by atoms with van der Waals surface area (Å²) < 4.78 is 10.9. The van der Waals surface area contributed by atoms with E-state index in [1.165, 1.54) is 0 Å². The van der Waals surface area contributed by atoms with Crippen LogP contribution in [0, 0.1) is 0 Å². The zero-order chi connectivity index (χ0) is 16.4. The molecular formula is C17H22N2O4. The summed E-state index contributed by atoms with van der Waals surface area (Å²) in [7, 11) is 1.56. The van der Waals surface area contributed by atoms with Crippen molar-refractivity contribution in [1.82, 2.24) is 4.98 Å². The first kappa shape index (κ1) is 16.1. The molecule has 1 saturated carbocycles. The fraction of sp³-hybridized carbons (Fsp3) is 0.588. The lowest BCUT2D eigenvalue weighted by molar-refractivity contribution is -0.155. The molecule has 0 bridgehead atoms. The molecule has 3 rings (SSSR count). The van der Waals surface area contributed by atoms with Crippen LogP contribution in [-0.2, 0) is 19.1 Å². The molecule has 2 heterocycles. The van der Waals surface area contributed by atoms with E-state index in [-0.39, 0.29) is 0 Å². The van der Waals surface area contributed by atoms with Gasteiger partial charge in [-0.2, -0.15) is 0 Å². The Morgan fingerprint density at radius 3 is 2.70 bits per heavy atom. The Morgan fingerprint density at radius 2 is 2.13 bits per heavy atom. The van der Waals surface area contributed by atoms with Gasteiger partial charge in [-0.05, 0) is 31.9 Å². The van der Waals surface area contributed by atoms with Gasteiger partial charge < -0.3 is 14.4 Å². The van der Waals surface area contributed by atoms with Crippen LogP contribution in [0.2, 0.25) is 0 Å². The third-order valence-electron chi connectivity index (χ3n) is 4.76. The number of hydrogen-bond donors (Lipinski definition) is 0. The van der Waals surface area contributed by atoms with Crippen molar-refractivity contribution in [2.75, 3.05) is 18.6 Å². The Hall–Kier alpha value is -1.79. The highest BCUT2D eigenvalue weighted by atomic mass is 16.7. The maximum absolute atomic E-state index is 11.4. The number of aldehydes is 1. The standard InChI is InChI=1S/C17H22N2O4/c1-17(11-20)19(10-16(22-2)23-17)13-5-8-15(18-9-13)12-3-6-14(21)7-4-12/h5,8-9,11-12,16H,3-4,6-7,10H2,1-2H3. The number of ketones is 1. The van der Waals surface area contributed by atoms with Crippen LogP contribution in [0.4, 0.5) is 5.69 Å². The Balaban J connectivity index is 1.76. The van der Waals surface area contributed by atoms with E-state index in [2.05, 4.69) is 4.98 Å². The van der Waals surface area contributed by atoms with Gasteiger partial charge in [-0.3, -0.25) is 14.6 Å². The number of methoxy groups -OCH3 is 1. The maximum Gasteiger partial charge on any atom is 0.198 e. The van der Waals surface area contributed by atoms with Crippen molar-refractivity contribution in [3.8, 4) is 0 Å². The minimum absolute atomic E-state index is 0.347. The molecule has 2 unspecified atom stereocenters. The van der Waals surface area contributed by atoms with Crippen molar-refractivity contribution in [2.24, 2.45) is 0 Å². The van der Waals surface area contributed by atoms with E-state index in [1.54, 1.807) is 20.2 Å². The number of Topliss-reactive ketones (excluding diaryl/α,β-unsaturated/α-hetero) is 1. The molecule has 1 aliphatic heterocycles. The minimum Gasteiger partial charge on any atom is -0.354 e. The third-order valence-corrected chi connectivity index (χ3v) is 4.76. The van der Waals surface area contributed by atoms with Crippen molar-refractivity contribution in [1.29, 1.82) is 0 Å². The number of aromatic nitrogens is 1. The smallest absolute Gasteiger partial charge is 0.198 e. The molecule has 1 aromatic rings. The molecule has 1 saturated heterocycles. The molecule has 6 heteroatoms. The normalized spacial score (nSPS) is 29.0. The molecule has 0 amide bonds. The van der Waals surface area contributed by atoms with Crippen molar-refractivity contribution in [3.63, 3.8) is 0 Å². The maximum atomic E-state index is 11.4. The van der Waals surface area contributed by atoms with Gasteiger partial charge in [0.1, 0.15) is 5.78 Å². The predicted octanol–water partition coefficient (Wildman–Crippen LogP) is 2.03. The van der Waals surface area contributed by atoms with Gasteiger partial charge in [0.2, 0.25) is 0 Å². The Morgan fingerprint density at radius 1 is 1.39 bits per heavy atom. The second-order valence-electron chi connectivity index (χ2n) is 6.32. The molecule has 124 valence electrons. The number of anilines is 1. The quantitative estimate of drug-likeness (QED) is 0.791. The molecule has 0 radical (unpaired) electrons. The lowest BCUT2D eigenvalue weighted by Crippen LogP contribution is -2.43. The Bertz CT molecular complexity index is 579. The highest BCUT2D eigenvalue weighted by molar-refractivity contribution is 5.79. The molecule has 2 fully saturated rings. The van der Waals surface area contributed by atoms with E-state index < -0.39 is 12.0 Å². The summed E-state index contributed by atoms with van der Waals surface area (Å²) in [6.07, 6.45) is 5.15. The molecule has 1 aliphatic carbocycles. The lowest BCUT2D eigenvalue weighted by atomic mass is 9.86. The van der Waals surface area contributed by atoms with Gasteiger partial charge in [-0.15, -0.1) is 0 Å². The lowest BCUT2D eigenvalue weighted by Gasteiger charge is -2.30. The van der Waals surface area contributed by atoms with Crippen LogP contribution >= 0.6 is 0 Å². The fourth-order valence-corrected chi connectivity index (χ4v) is 3.31. The van der Waals surface area contributed by atoms with Gasteiger partial charge in [0, 0.05) is 31.6 Å². The number of nitrogens with zero attached hydrogens (tertiary/aromatic N) is 2. The van der Waals surface area contributed by atoms with Gasteiger partial charge in [-0.1, -0.05) is 0 Å². The number of rotatable bonds is 4. The van der Waals surface area contributed by atoms with Crippen LogP contribution in [0.5, 0.6) is 0 Å². The molecule has 2 atom stereocenters. The van der Waals surface area contributed by atoms with E-state index in [9.17, 15) is 9.59 Å². The highest BCUT2D eigenvalue weighted by Gasteiger charge is 2.43. The first-order chi connectivity index (χ1) is 11.1. The van der Waals surface area contributed by atoms with Gasteiger partial charge in [-0.25, -0.2) is 0 Å². The molecule has 1 aromatic heterocycles. The second-order valence-corrected chi connectivity index (χ2v) is 6.32. The first-order valence-electron chi connectivity index (χ1n) is 7.98. The van der Waals surface area contributed by atoms with Crippen LogP contribution in [0.25, 0.3) is 0 Å². The molecule has 0 aromatic carbocycles. The van der Waals surface area contributed by atoms with Crippen LogP contribution in [0.3, 0.4) is 0 Å². The molecule has 0 spiro atoms. The largest absolute Gasteiger partial charge is 0.354 e. The van der Waals surface area contributed by atoms with Crippen molar-refractivity contribution >= 4 is 17.8 Å². The summed E-state index contributed by atoms with van der Waals surface area (Å²) in [6.45, 7) is 2.20. The van der Waals surface area contributed by atoms with Gasteiger partial charge in [0.15, 0.2) is 18.3 Å².